The first-order valence-electron chi connectivity index (χ1n) is 7.16. The molecule has 2 amide bonds. The number of hydrogen-bond donors (Lipinski definition) is 2. The summed E-state index contributed by atoms with van der Waals surface area (Å²) in [4.78, 5) is 35.4. The number of rotatable bonds is 6. The van der Waals surface area contributed by atoms with Crippen molar-refractivity contribution in [2.75, 3.05) is 11.9 Å². The van der Waals surface area contributed by atoms with Crippen molar-refractivity contribution in [3.05, 3.63) is 36.9 Å². The van der Waals surface area contributed by atoms with Crippen LogP contribution in [0.15, 0.2) is 36.9 Å². The number of ether oxygens (including phenoxy) is 2. The van der Waals surface area contributed by atoms with Gasteiger partial charge in [0.25, 0.3) is 11.8 Å². The lowest BCUT2D eigenvalue weighted by molar-refractivity contribution is -0.157. The van der Waals surface area contributed by atoms with Gasteiger partial charge in [0.1, 0.15) is 5.75 Å². The van der Waals surface area contributed by atoms with Gasteiger partial charge >= 0.3 is 5.97 Å². The molecular weight excluding hydrogens is 300 g/mol. The molecule has 122 valence electrons. The zero-order chi connectivity index (χ0) is 16.8. The number of nitrogens with one attached hydrogen (secondary N) is 2. The first-order valence-corrected chi connectivity index (χ1v) is 7.16. The van der Waals surface area contributed by atoms with Crippen molar-refractivity contribution in [3.8, 4) is 5.75 Å². The Morgan fingerprint density at radius 2 is 2.22 bits per heavy atom. The highest BCUT2D eigenvalue weighted by molar-refractivity contribution is 5.99. The van der Waals surface area contributed by atoms with Crippen LogP contribution in [-0.4, -0.2) is 36.5 Å². The van der Waals surface area contributed by atoms with E-state index in [1.54, 1.807) is 24.3 Å². The van der Waals surface area contributed by atoms with E-state index in [4.69, 9.17) is 9.47 Å². The number of fused-ring (bicyclic) bond motifs is 1. The number of carbonyl (C=O) groups is 3. The van der Waals surface area contributed by atoms with Gasteiger partial charge in [-0.05, 0) is 19.1 Å². The quantitative estimate of drug-likeness (QED) is 0.603. The summed E-state index contributed by atoms with van der Waals surface area (Å²) in [5.74, 6) is -1.06. The number of anilines is 1. The van der Waals surface area contributed by atoms with Crippen LogP contribution in [0, 0.1) is 0 Å². The third-order valence-electron chi connectivity index (χ3n) is 3.16. The van der Waals surface area contributed by atoms with Gasteiger partial charge in [-0.15, -0.1) is 6.58 Å². The molecule has 0 saturated carbocycles. The first kappa shape index (κ1) is 16.5. The molecule has 0 unspecified atom stereocenters. The van der Waals surface area contributed by atoms with E-state index in [9.17, 15) is 14.4 Å². The summed E-state index contributed by atoms with van der Waals surface area (Å²) in [5.41, 5.74) is 0.555. The zero-order valence-corrected chi connectivity index (χ0v) is 12.7. The van der Waals surface area contributed by atoms with Gasteiger partial charge in [-0.3, -0.25) is 14.4 Å². The van der Waals surface area contributed by atoms with Crippen molar-refractivity contribution in [2.24, 2.45) is 0 Å². The van der Waals surface area contributed by atoms with Crippen molar-refractivity contribution in [3.63, 3.8) is 0 Å². The fraction of sp³-hybridized carbons (Fsp3) is 0.312. The Balaban J connectivity index is 1.89. The number of carbonyl (C=O) groups excluding carboxylic acids is 3. The lowest BCUT2D eigenvalue weighted by Crippen LogP contribution is -2.41. The monoisotopic (exact) mass is 318 g/mol. The molecule has 7 nitrogen and oxygen atoms in total. The second-order valence-electron chi connectivity index (χ2n) is 4.96. The molecule has 0 saturated heterocycles. The summed E-state index contributed by atoms with van der Waals surface area (Å²) in [7, 11) is 0. The zero-order valence-electron chi connectivity index (χ0n) is 12.7. The second kappa shape index (κ2) is 7.44. The van der Waals surface area contributed by atoms with Crippen molar-refractivity contribution in [1.29, 1.82) is 0 Å². The summed E-state index contributed by atoms with van der Waals surface area (Å²) >= 11 is 0. The summed E-state index contributed by atoms with van der Waals surface area (Å²) in [6, 6.07) is 6.92. The molecule has 23 heavy (non-hydrogen) atoms. The molecular formula is C16H18N2O5. The van der Waals surface area contributed by atoms with E-state index < -0.39 is 30.0 Å². The molecule has 7 heteroatoms. The molecule has 0 aliphatic carbocycles. The molecule has 1 aliphatic heterocycles. The molecule has 0 spiro atoms. The Morgan fingerprint density at radius 1 is 1.48 bits per heavy atom. The summed E-state index contributed by atoms with van der Waals surface area (Å²) in [5, 5.41) is 5.18. The van der Waals surface area contributed by atoms with Crippen LogP contribution in [0.25, 0.3) is 0 Å². The van der Waals surface area contributed by atoms with Crippen LogP contribution in [-0.2, 0) is 19.1 Å². The van der Waals surface area contributed by atoms with Crippen molar-refractivity contribution >= 4 is 23.5 Å². The fourth-order valence-electron chi connectivity index (χ4n) is 1.99. The van der Waals surface area contributed by atoms with E-state index in [-0.39, 0.29) is 13.0 Å². The Labute approximate surface area is 133 Å². The maximum Gasteiger partial charge on any atom is 0.310 e. The minimum Gasteiger partial charge on any atom is -0.478 e. The topological polar surface area (TPSA) is 93.7 Å². The van der Waals surface area contributed by atoms with Crippen LogP contribution < -0.4 is 15.4 Å². The maximum atomic E-state index is 11.9. The van der Waals surface area contributed by atoms with Crippen LogP contribution in [0.2, 0.25) is 0 Å². The highest BCUT2D eigenvalue weighted by Gasteiger charge is 2.31. The lowest BCUT2D eigenvalue weighted by Gasteiger charge is -2.25. The van der Waals surface area contributed by atoms with Crippen LogP contribution >= 0.6 is 0 Å². The summed E-state index contributed by atoms with van der Waals surface area (Å²) in [6.45, 7) is 5.21. The number of esters is 1. The van der Waals surface area contributed by atoms with Gasteiger partial charge in [0.2, 0.25) is 0 Å². The van der Waals surface area contributed by atoms with Gasteiger partial charge in [0, 0.05) is 6.54 Å². The highest BCUT2D eigenvalue weighted by atomic mass is 16.6. The average Bonchev–Trinajstić information content (AvgIpc) is 2.53. The van der Waals surface area contributed by atoms with E-state index in [0.717, 1.165) is 0 Å². The van der Waals surface area contributed by atoms with Crippen LogP contribution in [0.1, 0.15) is 13.3 Å². The molecule has 2 N–H and O–H groups in total. The molecule has 0 bridgehead atoms. The van der Waals surface area contributed by atoms with Gasteiger partial charge < -0.3 is 20.1 Å². The molecule has 2 atom stereocenters. The van der Waals surface area contributed by atoms with Gasteiger partial charge in [-0.25, -0.2) is 0 Å². The molecule has 0 radical (unpaired) electrons. The second-order valence-corrected chi connectivity index (χ2v) is 4.96. The number of hydrogen-bond acceptors (Lipinski definition) is 5. The fourth-order valence-corrected chi connectivity index (χ4v) is 1.99. The maximum absolute atomic E-state index is 11.9. The number of benzene rings is 1. The van der Waals surface area contributed by atoms with Crippen molar-refractivity contribution < 1.29 is 23.9 Å². The predicted octanol–water partition coefficient (Wildman–Crippen LogP) is 1.01. The van der Waals surface area contributed by atoms with Crippen LogP contribution in [0.3, 0.4) is 0 Å². The molecule has 1 aliphatic rings. The third-order valence-corrected chi connectivity index (χ3v) is 3.16. The molecule has 1 aromatic rings. The van der Waals surface area contributed by atoms with Gasteiger partial charge in [0.15, 0.2) is 12.2 Å². The third kappa shape index (κ3) is 4.32. The first-order chi connectivity index (χ1) is 11.0. The Hall–Kier alpha value is -2.83. The Kier molecular flexibility index (Phi) is 5.35. The average molecular weight is 318 g/mol. The van der Waals surface area contributed by atoms with E-state index >= 15 is 0 Å². The van der Waals surface area contributed by atoms with Crippen LogP contribution in [0.4, 0.5) is 5.69 Å². The standard InChI is InChI=1S/C16H18N2O5/c1-3-8-17-15(20)10(2)22-14(19)9-13-16(21)18-11-6-4-5-7-12(11)23-13/h3-7,10,13H,1,8-9H2,2H3,(H,17,20)(H,18,21)/t10-,13+/m1/s1. The van der Waals surface area contributed by atoms with E-state index in [1.807, 2.05) is 0 Å². The van der Waals surface area contributed by atoms with Gasteiger partial charge in [-0.2, -0.15) is 0 Å². The Bertz CT molecular complexity index is 629. The minimum atomic E-state index is -0.985. The smallest absolute Gasteiger partial charge is 0.310 e. The van der Waals surface area contributed by atoms with E-state index in [1.165, 1.54) is 13.0 Å². The normalized spacial score (nSPS) is 17.1. The summed E-state index contributed by atoms with van der Waals surface area (Å²) in [6.07, 6.45) is -0.703. The molecule has 0 fully saturated rings. The number of para-hydroxylation sites is 2. The highest BCUT2D eigenvalue weighted by Crippen LogP contribution is 2.29. The van der Waals surface area contributed by atoms with Crippen LogP contribution in [0.5, 0.6) is 5.75 Å². The SMILES string of the molecule is C=CCNC(=O)[C@@H](C)OC(=O)C[C@@H]1Oc2ccccc2NC1=O. The predicted molar refractivity (Wildman–Crippen MR) is 82.9 cm³/mol. The van der Waals surface area contributed by atoms with E-state index in [0.29, 0.717) is 11.4 Å². The molecule has 2 rings (SSSR count). The molecule has 1 heterocycles. The largest absolute Gasteiger partial charge is 0.478 e. The van der Waals surface area contributed by atoms with Crippen molar-refractivity contribution in [2.45, 2.75) is 25.6 Å². The van der Waals surface area contributed by atoms with E-state index in [2.05, 4.69) is 17.2 Å². The minimum absolute atomic E-state index is 0.279. The Morgan fingerprint density at radius 3 is 2.96 bits per heavy atom. The summed E-state index contributed by atoms with van der Waals surface area (Å²) < 4.78 is 10.5. The number of amides is 2. The van der Waals surface area contributed by atoms with Gasteiger partial charge in [0.05, 0.1) is 12.1 Å². The van der Waals surface area contributed by atoms with Gasteiger partial charge in [-0.1, -0.05) is 18.2 Å². The lowest BCUT2D eigenvalue weighted by atomic mass is 10.1. The molecule has 0 aromatic heterocycles. The molecule has 1 aromatic carbocycles. The van der Waals surface area contributed by atoms with Crippen molar-refractivity contribution in [1.82, 2.24) is 5.32 Å².